The zero-order chi connectivity index (χ0) is 35.8. The topological polar surface area (TPSA) is 55.1 Å². The van der Waals surface area contributed by atoms with Crippen LogP contribution in [0.4, 0.5) is 17.1 Å². The molecule has 0 bridgehead atoms. The summed E-state index contributed by atoms with van der Waals surface area (Å²) in [6.07, 6.45) is 0. The summed E-state index contributed by atoms with van der Waals surface area (Å²) in [5.41, 5.74) is 9.55. The lowest BCUT2D eigenvalue weighted by molar-refractivity contribution is 0.670. The molecule has 0 fully saturated rings. The molecule has 5 heteroatoms. The van der Waals surface area contributed by atoms with Gasteiger partial charge in [-0.25, -0.2) is 15.0 Å². The molecule has 0 aliphatic rings. The third-order valence-electron chi connectivity index (χ3n) is 9.87. The molecule has 0 spiro atoms. The highest BCUT2D eigenvalue weighted by Gasteiger charge is 2.21. The third-order valence-corrected chi connectivity index (χ3v) is 9.87. The van der Waals surface area contributed by atoms with Crippen LogP contribution in [0, 0.1) is 0 Å². The molecule has 10 aromatic rings. The number of anilines is 3. The quantitative estimate of drug-likeness (QED) is 0.166. The van der Waals surface area contributed by atoms with E-state index in [1.165, 1.54) is 0 Å². The molecular weight excluding hydrogens is 661 g/mol. The van der Waals surface area contributed by atoms with Crippen molar-refractivity contribution in [2.75, 3.05) is 4.90 Å². The molecule has 0 radical (unpaired) electrons. The van der Waals surface area contributed by atoms with E-state index in [-0.39, 0.29) is 0 Å². The van der Waals surface area contributed by atoms with Gasteiger partial charge in [0.1, 0.15) is 11.2 Å². The van der Waals surface area contributed by atoms with E-state index in [2.05, 4.69) is 126 Å². The molecule has 10 rings (SSSR count). The van der Waals surface area contributed by atoms with E-state index in [0.29, 0.717) is 17.5 Å². The summed E-state index contributed by atoms with van der Waals surface area (Å²) in [6.45, 7) is 0. The van der Waals surface area contributed by atoms with Crippen LogP contribution in [-0.2, 0) is 0 Å². The number of aromatic nitrogens is 3. The number of rotatable bonds is 7. The highest BCUT2D eigenvalue weighted by Crippen LogP contribution is 2.42. The summed E-state index contributed by atoms with van der Waals surface area (Å²) >= 11 is 0. The second kappa shape index (κ2) is 13.3. The number of hydrogen-bond donors (Lipinski definition) is 0. The Balaban J connectivity index is 1.19. The van der Waals surface area contributed by atoms with Crippen LogP contribution < -0.4 is 4.90 Å². The molecular formula is C49H32N4O. The van der Waals surface area contributed by atoms with Gasteiger partial charge in [0, 0.05) is 39.0 Å². The van der Waals surface area contributed by atoms with Gasteiger partial charge in [0.05, 0.1) is 5.56 Å². The maximum atomic E-state index is 6.77. The Bertz CT molecular complexity index is 2810. The Labute approximate surface area is 312 Å². The fraction of sp³-hybridized carbons (Fsp3) is 0. The third kappa shape index (κ3) is 5.74. The predicted octanol–water partition coefficient (Wildman–Crippen LogP) is 13.1. The van der Waals surface area contributed by atoms with Crippen molar-refractivity contribution in [2.24, 2.45) is 0 Å². The van der Waals surface area contributed by atoms with Crippen LogP contribution in [0.2, 0.25) is 0 Å². The molecule has 2 aromatic heterocycles. The van der Waals surface area contributed by atoms with Crippen molar-refractivity contribution in [1.29, 1.82) is 0 Å². The minimum absolute atomic E-state index is 0.550. The molecule has 254 valence electrons. The van der Waals surface area contributed by atoms with Gasteiger partial charge in [0.15, 0.2) is 17.5 Å². The highest BCUT2D eigenvalue weighted by molar-refractivity contribution is 6.14. The molecule has 8 aromatic carbocycles. The second-order valence-electron chi connectivity index (χ2n) is 13.3. The Morgan fingerprint density at radius 3 is 1.41 bits per heavy atom. The predicted molar refractivity (Wildman–Crippen MR) is 221 cm³/mol. The molecule has 5 nitrogen and oxygen atoms in total. The van der Waals surface area contributed by atoms with Crippen molar-refractivity contribution < 1.29 is 4.42 Å². The molecule has 0 amide bonds. The normalized spacial score (nSPS) is 11.3. The van der Waals surface area contributed by atoms with Gasteiger partial charge in [0.2, 0.25) is 0 Å². The van der Waals surface area contributed by atoms with Crippen molar-refractivity contribution in [3.63, 3.8) is 0 Å². The molecule has 0 saturated carbocycles. The van der Waals surface area contributed by atoms with E-state index in [4.69, 9.17) is 19.4 Å². The van der Waals surface area contributed by atoms with Crippen LogP contribution in [-0.4, -0.2) is 15.0 Å². The minimum atomic E-state index is 0.550. The molecule has 0 atom stereocenters. The van der Waals surface area contributed by atoms with Gasteiger partial charge in [-0.2, -0.15) is 0 Å². The summed E-state index contributed by atoms with van der Waals surface area (Å²) in [7, 11) is 0. The van der Waals surface area contributed by atoms with Crippen LogP contribution in [0.1, 0.15) is 0 Å². The van der Waals surface area contributed by atoms with Crippen LogP contribution in [0.25, 0.3) is 78.0 Å². The van der Waals surface area contributed by atoms with Gasteiger partial charge in [-0.1, -0.05) is 133 Å². The fourth-order valence-corrected chi connectivity index (χ4v) is 7.23. The Morgan fingerprint density at radius 1 is 0.352 bits per heavy atom. The lowest BCUT2D eigenvalue weighted by atomic mass is 9.97. The largest absolute Gasteiger partial charge is 0.455 e. The van der Waals surface area contributed by atoms with Gasteiger partial charge in [-0.05, 0) is 82.6 Å². The molecule has 54 heavy (non-hydrogen) atoms. The number of para-hydroxylation sites is 2. The van der Waals surface area contributed by atoms with E-state index in [0.717, 1.165) is 77.6 Å². The number of fused-ring (bicyclic) bond motifs is 4. The number of benzene rings is 8. The summed E-state index contributed by atoms with van der Waals surface area (Å²) in [6, 6.07) is 66.9. The molecule has 0 aliphatic carbocycles. The number of furan rings is 1. The summed E-state index contributed by atoms with van der Waals surface area (Å²) in [5.74, 6) is 1.76. The van der Waals surface area contributed by atoms with E-state index in [9.17, 15) is 0 Å². The van der Waals surface area contributed by atoms with E-state index in [1.807, 2.05) is 72.8 Å². The van der Waals surface area contributed by atoms with E-state index in [1.54, 1.807) is 0 Å². The number of nitrogens with zero attached hydrogens (tertiary/aromatic N) is 4. The standard InChI is InChI=1S/C49H32N4O/c1-5-15-34(16-6-1)47-50-48(35-17-7-2-8-18-35)52-49(51-47)44-31-38(30-43-42-29-36-19-13-14-20-37(36)32-45(42)54-46(43)44)33-25-27-41(28-26-33)53(39-21-9-3-10-22-39)40-23-11-4-12-24-40/h1-32H. The molecule has 0 aliphatic heterocycles. The van der Waals surface area contributed by atoms with E-state index >= 15 is 0 Å². The maximum absolute atomic E-state index is 6.77. The zero-order valence-corrected chi connectivity index (χ0v) is 29.2. The average Bonchev–Trinajstić information content (AvgIpc) is 3.61. The van der Waals surface area contributed by atoms with Gasteiger partial charge in [-0.3, -0.25) is 0 Å². The van der Waals surface area contributed by atoms with Crippen molar-refractivity contribution >= 4 is 49.8 Å². The van der Waals surface area contributed by atoms with Crippen molar-refractivity contribution in [3.8, 4) is 45.3 Å². The zero-order valence-electron chi connectivity index (χ0n) is 29.2. The average molecular weight is 693 g/mol. The summed E-state index contributed by atoms with van der Waals surface area (Å²) in [4.78, 5) is 17.5. The SMILES string of the molecule is c1ccc(-c2nc(-c3ccccc3)nc(-c3cc(-c4ccc(N(c5ccccc5)c5ccccc5)cc4)cc4c3oc3cc5ccccc5cc34)n2)cc1. The monoisotopic (exact) mass is 692 g/mol. The second-order valence-corrected chi connectivity index (χ2v) is 13.3. The lowest BCUT2D eigenvalue weighted by Gasteiger charge is -2.25. The van der Waals surface area contributed by atoms with Crippen LogP contribution in [0.3, 0.4) is 0 Å². The van der Waals surface area contributed by atoms with Crippen molar-refractivity contribution in [2.45, 2.75) is 0 Å². The Kier molecular flexibility index (Phi) is 7.73. The Hall–Kier alpha value is -7.37. The summed E-state index contributed by atoms with van der Waals surface area (Å²) < 4.78 is 6.77. The van der Waals surface area contributed by atoms with Gasteiger partial charge in [-0.15, -0.1) is 0 Å². The van der Waals surface area contributed by atoms with E-state index < -0.39 is 0 Å². The molecule has 0 saturated heterocycles. The molecule has 0 N–H and O–H groups in total. The molecule has 2 heterocycles. The van der Waals surface area contributed by atoms with Crippen molar-refractivity contribution in [3.05, 3.63) is 194 Å². The van der Waals surface area contributed by atoms with Crippen LogP contribution >= 0.6 is 0 Å². The Morgan fingerprint density at radius 2 is 0.833 bits per heavy atom. The smallest absolute Gasteiger partial charge is 0.167 e. The molecule has 0 unspecified atom stereocenters. The van der Waals surface area contributed by atoms with Crippen LogP contribution in [0.5, 0.6) is 0 Å². The minimum Gasteiger partial charge on any atom is -0.455 e. The first kappa shape index (κ1) is 31.4. The van der Waals surface area contributed by atoms with Crippen LogP contribution in [0.15, 0.2) is 199 Å². The van der Waals surface area contributed by atoms with Gasteiger partial charge >= 0.3 is 0 Å². The lowest BCUT2D eigenvalue weighted by Crippen LogP contribution is -2.09. The first-order valence-electron chi connectivity index (χ1n) is 18.0. The highest BCUT2D eigenvalue weighted by atomic mass is 16.3. The van der Waals surface area contributed by atoms with Gasteiger partial charge in [0.25, 0.3) is 0 Å². The first-order chi connectivity index (χ1) is 26.7. The number of hydrogen-bond acceptors (Lipinski definition) is 5. The summed E-state index contributed by atoms with van der Waals surface area (Å²) in [5, 5.41) is 4.33. The van der Waals surface area contributed by atoms with Crippen molar-refractivity contribution in [1.82, 2.24) is 15.0 Å². The van der Waals surface area contributed by atoms with Gasteiger partial charge < -0.3 is 9.32 Å². The maximum Gasteiger partial charge on any atom is 0.167 e. The fourth-order valence-electron chi connectivity index (χ4n) is 7.23. The first-order valence-corrected chi connectivity index (χ1v) is 18.0.